The first kappa shape index (κ1) is 9.50. The summed E-state index contributed by atoms with van der Waals surface area (Å²) in [7, 11) is 0. The van der Waals surface area contributed by atoms with Crippen LogP contribution < -0.4 is 0 Å². The predicted molar refractivity (Wildman–Crippen MR) is 54.5 cm³/mol. The molecule has 0 radical (unpaired) electrons. The molecule has 1 heterocycles. The molecule has 1 aliphatic rings. The van der Waals surface area contributed by atoms with Gasteiger partial charge in [-0.1, -0.05) is 13.8 Å². The van der Waals surface area contributed by atoms with Crippen LogP contribution in [0.25, 0.3) is 0 Å². The summed E-state index contributed by atoms with van der Waals surface area (Å²) < 4.78 is 0. The van der Waals surface area contributed by atoms with Gasteiger partial charge in [-0.25, -0.2) is 0 Å². The Hall–Kier alpha value is -0.590. The molecule has 1 rings (SSSR count). The first-order valence-electron chi connectivity index (χ1n) is 4.82. The van der Waals surface area contributed by atoms with Crippen LogP contribution in [0, 0.1) is 5.92 Å². The fourth-order valence-electron chi connectivity index (χ4n) is 1.68. The first-order valence-corrected chi connectivity index (χ1v) is 4.82. The quantitative estimate of drug-likeness (QED) is 0.593. The van der Waals surface area contributed by atoms with Crippen LogP contribution in [0.1, 0.15) is 47.0 Å². The molecule has 0 aromatic carbocycles. The number of allylic oxidation sites excluding steroid dienone is 2. The highest BCUT2D eigenvalue weighted by Crippen LogP contribution is 2.24. The molecule has 1 nitrogen and oxygen atoms in total. The Kier molecular flexibility index (Phi) is 3.07. The molecule has 0 atom stereocenters. The Bertz CT molecular complexity index is 221. The number of rotatable bonds is 2. The van der Waals surface area contributed by atoms with Crippen LogP contribution >= 0.6 is 0 Å². The normalized spacial score (nSPS) is 18.6. The van der Waals surface area contributed by atoms with Gasteiger partial charge in [0.05, 0.1) is 0 Å². The average molecular weight is 165 g/mol. The van der Waals surface area contributed by atoms with Crippen LogP contribution in [0.3, 0.4) is 0 Å². The second-order valence-corrected chi connectivity index (χ2v) is 4.13. The number of nitrogens with zero attached hydrogens (tertiary/aromatic N) is 1. The van der Waals surface area contributed by atoms with Crippen molar-refractivity contribution in [2.24, 2.45) is 10.9 Å². The minimum atomic E-state index is 0.767. The molecule has 1 heteroatoms. The van der Waals surface area contributed by atoms with Crippen LogP contribution in [-0.4, -0.2) is 5.71 Å². The van der Waals surface area contributed by atoms with Gasteiger partial charge in [0, 0.05) is 11.4 Å². The average Bonchev–Trinajstić information content (AvgIpc) is 1.94. The Morgan fingerprint density at radius 1 is 1.25 bits per heavy atom. The summed E-state index contributed by atoms with van der Waals surface area (Å²) in [6.45, 7) is 8.80. The fraction of sp³-hybridized carbons (Fsp3) is 0.727. The third-order valence-corrected chi connectivity index (χ3v) is 2.31. The van der Waals surface area contributed by atoms with Crippen LogP contribution in [-0.2, 0) is 0 Å². The second kappa shape index (κ2) is 3.88. The van der Waals surface area contributed by atoms with Crippen molar-refractivity contribution < 1.29 is 0 Å². The van der Waals surface area contributed by atoms with Crippen molar-refractivity contribution in [1.29, 1.82) is 0 Å². The molecule has 12 heavy (non-hydrogen) atoms. The molecule has 0 saturated carbocycles. The fourth-order valence-corrected chi connectivity index (χ4v) is 1.68. The summed E-state index contributed by atoms with van der Waals surface area (Å²) in [6, 6.07) is 0. The van der Waals surface area contributed by atoms with Crippen molar-refractivity contribution in [2.75, 3.05) is 0 Å². The van der Waals surface area contributed by atoms with Gasteiger partial charge in [0.1, 0.15) is 0 Å². The molecular formula is C11H19N. The van der Waals surface area contributed by atoms with Gasteiger partial charge >= 0.3 is 0 Å². The molecule has 0 aromatic rings. The third kappa shape index (κ3) is 2.47. The SMILES string of the molecule is CC1=NC(C)=C(CC(C)C)CC1. The molecule has 1 aliphatic heterocycles. The summed E-state index contributed by atoms with van der Waals surface area (Å²) in [5.41, 5.74) is 4.13. The largest absolute Gasteiger partial charge is 0.263 e. The maximum Gasteiger partial charge on any atom is 0.0364 e. The van der Waals surface area contributed by atoms with Gasteiger partial charge in [-0.2, -0.15) is 0 Å². The highest BCUT2D eigenvalue weighted by Gasteiger charge is 2.10. The topological polar surface area (TPSA) is 12.4 Å². The van der Waals surface area contributed by atoms with E-state index in [2.05, 4.69) is 32.7 Å². The molecule has 0 aliphatic carbocycles. The number of aliphatic imine (C=N–C) groups is 1. The zero-order chi connectivity index (χ0) is 9.14. The van der Waals surface area contributed by atoms with E-state index in [1.807, 2.05) is 0 Å². The van der Waals surface area contributed by atoms with Gasteiger partial charge in [-0.15, -0.1) is 0 Å². The Morgan fingerprint density at radius 3 is 2.42 bits per heavy atom. The monoisotopic (exact) mass is 165 g/mol. The van der Waals surface area contributed by atoms with E-state index in [9.17, 15) is 0 Å². The smallest absolute Gasteiger partial charge is 0.0364 e. The van der Waals surface area contributed by atoms with E-state index >= 15 is 0 Å². The maximum atomic E-state index is 4.51. The Balaban J connectivity index is 2.69. The van der Waals surface area contributed by atoms with Crippen molar-refractivity contribution in [2.45, 2.75) is 47.0 Å². The molecule has 0 bridgehead atoms. The maximum absolute atomic E-state index is 4.51. The summed E-state index contributed by atoms with van der Waals surface area (Å²) in [6.07, 6.45) is 3.63. The van der Waals surface area contributed by atoms with Gasteiger partial charge in [-0.3, -0.25) is 4.99 Å². The lowest BCUT2D eigenvalue weighted by Crippen LogP contribution is -2.04. The molecule has 0 N–H and O–H groups in total. The summed E-state index contributed by atoms with van der Waals surface area (Å²) >= 11 is 0. The minimum absolute atomic E-state index is 0.767. The zero-order valence-electron chi connectivity index (χ0n) is 8.65. The molecular weight excluding hydrogens is 146 g/mol. The summed E-state index contributed by atoms with van der Waals surface area (Å²) in [4.78, 5) is 4.51. The molecule has 0 spiro atoms. The summed E-state index contributed by atoms with van der Waals surface area (Å²) in [5, 5.41) is 0. The summed E-state index contributed by atoms with van der Waals surface area (Å²) in [5.74, 6) is 0.767. The molecule has 0 saturated heterocycles. The van der Waals surface area contributed by atoms with Gasteiger partial charge in [-0.05, 0) is 44.6 Å². The molecule has 0 fully saturated rings. The second-order valence-electron chi connectivity index (χ2n) is 4.13. The lowest BCUT2D eigenvalue weighted by molar-refractivity contribution is 0.618. The van der Waals surface area contributed by atoms with Crippen LogP contribution in [0.5, 0.6) is 0 Å². The van der Waals surface area contributed by atoms with Crippen LogP contribution in [0.15, 0.2) is 16.3 Å². The van der Waals surface area contributed by atoms with Gasteiger partial charge < -0.3 is 0 Å². The van der Waals surface area contributed by atoms with Crippen LogP contribution in [0.4, 0.5) is 0 Å². The van der Waals surface area contributed by atoms with E-state index < -0.39 is 0 Å². The van der Waals surface area contributed by atoms with Gasteiger partial charge in [0.25, 0.3) is 0 Å². The van der Waals surface area contributed by atoms with Gasteiger partial charge in [0.15, 0.2) is 0 Å². The highest BCUT2D eigenvalue weighted by molar-refractivity contribution is 5.84. The van der Waals surface area contributed by atoms with E-state index in [0.29, 0.717) is 0 Å². The van der Waals surface area contributed by atoms with Crippen molar-refractivity contribution in [3.05, 3.63) is 11.3 Å². The van der Waals surface area contributed by atoms with Crippen molar-refractivity contribution in [1.82, 2.24) is 0 Å². The molecule has 68 valence electrons. The number of hydrogen-bond acceptors (Lipinski definition) is 1. The van der Waals surface area contributed by atoms with Crippen molar-refractivity contribution >= 4 is 5.71 Å². The third-order valence-electron chi connectivity index (χ3n) is 2.31. The lowest BCUT2D eigenvalue weighted by atomic mass is 9.95. The van der Waals surface area contributed by atoms with Crippen molar-refractivity contribution in [3.8, 4) is 0 Å². The molecule has 0 amide bonds. The first-order chi connectivity index (χ1) is 5.59. The van der Waals surface area contributed by atoms with Crippen LogP contribution in [0.2, 0.25) is 0 Å². The van der Waals surface area contributed by atoms with E-state index in [0.717, 1.165) is 5.92 Å². The Labute approximate surface area is 75.6 Å². The Morgan fingerprint density at radius 2 is 1.92 bits per heavy atom. The predicted octanol–water partition coefficient (Wildman–Crippen LogP) is 3.56. The lowest BCUT2D eigenvalue weighted by Gasteiger charge is -2.16. The van der Waals surface area contributed by atoms with E-state index in [4.69, 9.17) is 0 Å². The molecule has 0 aromatic heterocycles. The molecule has 0 unspecified atom stereocenters. The van der Waals surface area contributed by atoms with E-state index in [1.54, 1.807) is 5.57 Å². The highest BCUT2D eigenvalue weighted by atomic mass is 14.8. The van der Waals surface area contributed by atoms with Gasteiger partial charge in [0.2, 0.25) is 0 Å². The standard InChI is InChI=1S/C11H19N/c1-8(2)7-11-6-5-9(3)12-10(11)4/h8H,5-7H2,1-4H3. The van der Waals surface area contributed by atoms with E-state index in [-0.39, 0.29) is 0 Å². The number of hydrogen-bond donors (Lipinski definition) is 0. The van der Waals surface area contributed by atoms with Crippen molar-refractivity contribution in [3.63, 3.8) is 0 Å². The zero-order valence-corrected chi connectivity index (χ0v) is 8.65. The van der Waals surface area contributed by atoms with E-state index in [1.165, 1.54) is 30.7 Å². The minimum Gasteiger partial charge on any atom is -0.263 e.